The number of aromatic nitrogens is 3. The zero-order valence-electron chi connectivity index (χ0n) is 12.7. The van der Waals surface area contributed by atoms with Crippen molar-refractivity contribution in [3.63, 3.8) is 0 Å². The Labute approximate surface area is 129 Å². The van der Waals surface area contributed by atoms with E-state index in [0.717, 1.165) is 55.6 Å². The van der Waals surface area contributed by atoms with Crippen molar-refractivity contribution in [2.24, 2.45) is 5.92 Å². The molecule has 1 aromatic heterocycles. The largest absolute Gasteiger partial charge is 0.328 e. The molecular formula is C14H23N5OS. The van der Waals surface area contributed by atoms with Crippen molar-refractivity contribution in [2.75, 3.05) is 24.6 Å². The van der Waals surface area contributed by atoms with Crippen molar-refractivity contribution in [3.8, 4) is 0 Å². The van der Waals surface area contributed by atoms with E-state index >= 15 is 0 Å². The smallest absolute Gasteiger partial charge is 0.318 e. The lowest BCUT2D eigenvalue weighted by Crippen LogP contribution is -2.46. The van der Waals surface area contributed by atoms with Crippen molar-refractivity contribution < 1.29 is 4.79 Å². The summed E-state index contributed by atoms with van der Waals surface area (Å²) in [4.78, 5) is 14.4. The fraction of sp³-hybridized carbons (Fsp3) is 0.786. The van der Waals surface area contributed by atoms with Crippen LogP contribution in [0, 0.1) is 5.92 Å². The van der Waals surface area contributed by atoms with E-state index in [2.05, 4.69) is 33.9 Å². The van der Waals surface area contributed by atoms with E-state index in [1.807, 2.05) is 16.7 Å². The van der Waals surface area contributed by atoms with Gasteiger partial charge in [-0.05, 0) is 12.3 Å². The van der Waals surface area contributed by atoms with Crippen molar-refractivity contribution >= 4 is 17.8 Å². The van der Waals surface area contributed by atoms with E-state index in [-0.39, 0.29) is 12.1 Å². The Kier molecular flexibility index (Phi) is 4.37. The summed E-state index contributed by atoms with van der Waals surface area (Å²) in [5.74, 6) is 4.32. The first-order valence-electron chi connectivity index (χ1n) is 7.72. The summed E-state index contributed by atoms with van der Waals surface area (Å²) in [6.45, 7) is 6.87. The summed E-state index contributed by atoms with van der Waals surface area (Å²) < 4.78 is 2.18. The van der Waals surface area contributed by atoms with Gasteiger partial charge in [-0.25, -0.2) is 4.79 Å². The second kappa shape index (κ2) is 6.25. The molecule has 7 heteroatoms. The number of urea groups is 1. The van der Waals surface area contributed by atoms with Crippen LogP contribution in [-0.4, -0.2) is 50.3 Å². The maximum absolute atomic E-state index is 12.5. The van der Waals surface area contributed by atoms with E-state index in [4.69, 9.17) is 0 Å². The van der Waals surface area contributed by atoms with Crippen LogP contribution in [0.25, 0.3) is 0 Å². The Morgan fingerprint density at radius 1 is 1.24 bits per heavy atom. The summed E-state index contributed by atoms with van der Waals surface area (Å²) in [7, 11) is 0. The molecule has 1 N–H and O–H groups in total. The van der Waals surface area contributed by atoms with Gasteiger partial charge in [0.15, 0.2) is 5.82 Å². The third kappa shape index (κ3) is 3.02. The van der Waals surface area contributed by atoms with Crippen LogP contribution in [0.4, 0.5) is 4.79 Å². The number of fused-ring (bicyclic) bond motifs is 1. The van der Waals surface area contributed by atoms with Gasteiger partial charge in [-0.2, -0.15) is 11.8 Å². The molecule has 1 aromatic rings. The highest BCUT2D eigenvalue weighted by Gasteiger charge is 2.29. The second-order valence-corrected chi connectivity index (χ2v) is 7.22. The number of hydrogen-bond acceptors (Lipinski definition) is 4. The molecule has 1 atom stereocenters. The van der Waals surface area contributed by atoms with E-state index in [0.29, 0.717) is 5.92 Å². The number of nitrogens with one attached hydrogen (secondary N) is 1. The van der Waals surface area contributed by atoms with Crippen LogP contribution in [0.2, 0.25) is 0 Å². The molecule has 0 spiro atoms. The lowest BCUT2D eigenvalue weighted by Gasteiger charge is -2.30. The van der Waals surface area contributed by atoms with E-state index in [9.17, 15) is 4.79 Å². The Balaban J connectivity index is 1.74. The number of rotatable bonds is 3. The van der Waals surface area contributed by atoms with Crippen molar-refractivity contribution in [1.82, 2.24) is 25.0 Å². The van der Waals surface area contributed by atoms with E-state index in [1.54, 1.807) is 0 Å². The normalized spacial score (nSPS) is 19.7. The first-order valence-corrected chi connectivity index (χ1v) is 8.87. The van der Waals surface area contributed by atoms with Crippen molar-refractivity contribution in [2.45, 2.75) is 39.3 Å². The number of hydrogen-bond donors (Lipinski definition) is 1. The van der Waals surface area contributed by atoms with Crippen LogP contribution in [0.15, 0.2) is 0 Å². The maximum atomic E-state index is 12.5. The van der Waals surface area contributed by atoms with Crippen LogP contribution >= 0.6 is 11.8 Å². The summed E-state index contributed by atoms with van der Waals surface area (Å²) in [6.07, 6.45) is 2.12. The highest BCUT2D eigenvalue weighted by Crippen LogP contribution is 2.25. The second-order valence-electron chi connectivity index (χ2n) is 6.00. The number of nitrogens with zero attached hydrogens (tertiary/aromatic N) is 4. The minimum Gasteiger partial charge on any atom is -0.328 e. The SMILES string of the molecule is CC(C)[C@H](NC(=O)N1CCSCC1)c1nnc2n1CCC2. The summed E-state index contributed by atoms with van der Waals surface area (Å²) in [5, 5.41) is 11.8. The fourth-order valence-corrected chi connectivity index (χ4v) is 3.83. The third-order valence-corrected chi connectivity index (χ3v) is 5.10. The third-order valence-electron chi connectivity index (χ3n) is 4.16. The molecule has 0 saturated carbocycles. The first-order chi connectivity index (χ1) is 10.2. The zero-order valence-corrected chi connectivity index (χ0v) is 13.5. The van der Waals surface area contributed by atoms with Crippen LogP contribution in [0.1, 0.15) is 38.0 Å². The standard InChI is InChI=1S/C14H23N5OS/c1-10(2)12(13-17-16-11-4-3-5-19(11)13)15-14(20)18-6-8-21-9-7-18/h10,12H,3-9H2,1-2H3,(H,15,20)/t12-/m0/s1. The van der Waals surface area contributed by atoms with Crippen LogP contribution in [0.3, 0.4) is 0 Å². The van der Waals surface area contributed by atoms with Gasteiger partial charge >= 0.3 is 6.03 Å². The van der Waals surface area contributed by atoms with Gasteiger partial charge in [0.05, 0.1) is 6.04 Å². The number of thioether (sulfide) groups is 1. The highest BCUT2D eigenvalue weighted by atomic mass is 32.2. The van der Waals surface area contributed by atoms with Crippen LogP contribution in [-0.2, 0) is 13.0 Å². The van der Waals surface area contributed by atoms with Crippen LogP contribution in [0.5, 0.6) is 0 Å². The minimum absolute atomic E-state index is 0.0318. The van der Waals surface area contributed by atoms with E-state index in [1.165, 1.54) is 0 Å². The average molecular weight is 309 g/mol. The Bertz CT molecular complexity index is 509. The highest BCUT2D eigenvalue weighted by molar-refractivity contribution is 7.99. The Hall–Kier alpha value is -1.24. The molecule has 1 saturated heterocycles. The zero-order chi connectivity index (χ0) is 14.8. The molecule has 6 nitrogen and oxygen atoms in total. The molecular weight excluding hydrogens is 286 g/mol. The monoisotopic (exact) mass is 309 g/mol. The summed E-state index contributed by atoms with van der Waals surface area (Å²) >= 11 is 1.91. The van der Waals surface area contributed by atoms with Crippen LogP contribution < -0.4 is 5.32 Å². The lowest BCUT2D eigenvalue weighted by atomic mass is 10.0. The van der Waals surface area contributed by atoms with Gasteiger partial charge in [-0.15, -0.1) is 10.2 Å². The lowest BCUT2D eigenvalue weighted by molar-refractivity contribution is 0.193. The molecule has 3 heterocycles. The number of carbonyl (C=O) groups is 1. The van der Waals surface area contributed by atoms with Gasteiger partial charge in [0.25, 0.3) is 0 Å². The molecule has 3 rings (SSSR count). The molecule has 21 heavy (non-hydrogen) atoms. The molecule has 116 valence electrons. The van der Waals surface area contributed by atoms with Gasteiger partial charge in [-0.1, -0.05) is 13.8 Å². The number of aryl methyl sites for hydroxylation is 1. The van der Waals surface area contributed by atoms with Gasteiger partial charge < -0.3 is 14.8 Å². The summed E-state index contributed by atoms with van der Waals surface area (Å²) in [6, 6.07) is -0.0317. The van der Waals surface area contributed by atoms with Crippen molar-refractivity contribution in [3.05, 3.63) is 11.6 Å². The fourth-order valence-electron chi connectivity index (χ4n) is 2.92. The molecule has 2 aliphatic heterocycles. The predicted octanol–water partition coefficient (Wildman–Crippen LogP) is 1.68. The number of carbonyl (C=O) groups excluding carboxylic acids is 1. The molecule has 0 bridgehead atoms. The topological polar surface area (TPSA) is 63.1 Å². The molecule has 0 unspecified atom stereocenters. The molecule has 2 amide bonds. The molecule has 0 aromatic carbocycles. The molecule has 0 radical (unpaired) electrons. The average Bonchev–Trinajstić information content (AvgIpc) is 3.08. The van der Waals surface area contributed by atoms with Gasteiger partial charge in [-0.3, -0.25) is 0 Å². The Morgan fingerprint density at radius 3 is 2.71 bits per heavy atom. The van der Waals surface area contributed by atoms with Crippen molar-refractivity contribution in [1.29, 1.82) is 0 Å². The minimum atomic E-state index is -0.0635. The van der Waals surface area contributed by atoms with Gasteiger partial charge in [0.2, 0.25) is 0 Å². The van der Waals surface area contributed by atoms with Gasteiger partial charge in [0.1, 0.15) is 5.82 Å². The number of amides is 2. The predicted molar refractivity (Wildman–Crippen MR) is 83.4 cm³/mol. The maximum Gasteiger partial charge on any atom is 0.318 e. The molecule has 1 fully saturated rings. The molecule has 0 aliphatic carbocycles. The Morgan fingerprint density at radius 2 is 2.00 bits per heavy atom. The van der Waals surface area contributed by atoms with E-state index < -0.39 is 0 Å². The first kappa shape index (κ1) is 14.7. The molecule has 2 aliphatic rings. The van der Waals surface area contributed by atoms with Gasteiger partial charge in [0, 0.05) is 37.6 Å². The summed E-state index contributed by atoms with van der Waals surface area (Å²) in [5.41, 5.74) is 0. The quantitative estimate of drug-likeness (QED) is 0.923.